The molecule has 4 atom stereocenters. The van der Waals surface area contributed by atoms with Gasteiger partial charge in [0.2, 0.25) is 0 Å². The van der Waals surface area contributed by atoms with Crippen LogP contribution in [0.25, 0.3) is 0 Å². The quantitative estimate of drug-likeness (QED) is 0.346. The SMILES string of the molecule is CCC(C)c1ccc(OC)c(CN[C@H]2[C@@H](CCO)CN[C@H]2C(c2ccccc2)c2ccccc2)c1. The Morgan fingerprint density at radius 3 is 2.20 bits per heavy atom. The Labute approximate surface area is 210 Å². The summed E-state index contributed by atoms with van der Waals surface area (Å²) in [7, 11) is 1.75. The molecule has 3 N–H and O–H groups in total. The van der Waals surface area contributed by atoms with E-state index in [1.807, 2.05) is 0 Å². The van der Waals surface area contributed by atoms with Crippen LogP contribution < -0.4 is 15.4 Å². The van der Waals surface area contributed by atoms with E-state index in [9.17, 15) is 5.11 Å². The number of methoxy groups -OCH3 is 1. The largest absolute Gasteiger partial charge is 0.496 e. The van der Waals surface area contributed by atoms with Gasteiger partial charge in [0.25, 0.3) is 0 Å². The lowest BCUT2D eigenvalue weighted by Gasteiger charge is -2.32. The van der Waals surface area contributed by atoms with Gasteiger partial charge in [-0.1, -0.05) is 86.6 Å². The van der Waals surface area contributed by atoms with Crippen LogP contribution in [-0.2, 0) is 6.54 Å². The molecule has 1 aliphatic heterocycles. The number of aliphatic hydroxyl groups is 1. The monoisotopic (exact) mass is 472 g/mol. The third kappa shape index (κ3) is 5.95. The Bertz CT molecular complexity index is 1000. The Balaban J connectivity index is 1.65. The number of benzene rings is 3. The molecule has 1 heterocycles. The molecule has 186 valence electrons. The normalized spacial score (nSPS) is 20.8. The van der Waals surface area contributed by atoms with Gasteiger partial charge in [0.15, 0.2) is 0 Å². The van der Waals surface area contributed by atoms with Crippen LogP contribution in [-0.4, -0.2) is 37.5 Å². The zero-order valence-electron chi connectivity index (χ0n) is 21.3. The number of rotatable bonds is 11. The van der Waals surface area contributed by atoms with E-state index in [2.05, 4.69) is 103 Å². The van der Waals surface area contributed by atoms with E-state index in [-0.39, 0.29) is 24.6 Å². The van der Waals surface area contributed by atoms with Crippen molar-refractivity contribution in [2.24, 2.45) is 5.92 Å². The molecule has 0 aliphatic carbocycles. The zero-order chi connectivity index (χ0) is 24.6. The second kappa shape index (κ2) is 12.3. The molecule has 35 heavy (non-hydrogen) atoms. The zero-order valence-corrected chi connectivity index (χ0v) is 21.3. The van der Waals surface area contributed by atoms with Crippen molar-refractivity contribution in [1.29, 1.82) is 0 Å². The van der Waals surface area contributed by atoms with Gasteiger partial charge >= 0.3 is 0 Å². The first-order valence-electron chi connectivity index (χ1n) is 13.0. The maximum absolute atomic E-state index is 9.82. The highest BCUT2D eigenvalue weighted by molar-refractivity contribution is 5.39. The third-order valence-electron chi connectivity index (χ3n) is 7.70. The maximum atomic E-state index is 9.82. The lowest BCUT2D eigenvalue weighted by atomic mass is 9.80. The Kier molecular flexibility index (Phi) is 8.97. The summed E-state index contributed by atoms with van der Waals surface area (Å²) in [5.74, 6) is 2.01. The van der Waals surface area contributed by atoms with Crippen LogP contribution in [0.3, 0.4) is 0 Å². The van der Waals surface area contributed by atoms with Crippen LogP contribution in [0.4, 0.5) is 0 Å². The molecule has 0 radical (unpaired) electrons. The molecule has 0 amide bonds. The van der Waals surface area contributed by atoms with Crippen LogP contribution in [0, 0.1) is 5.92 Å². The molecule has 1 unspecified atom stereocenters. The summed E-state index contributed by atoms with van der Waals surface area (Å²) in [4.78, 5) is 0. The Morgan fingerprint density at radius 1 is 0.971 bits per heavy atom. The van der Waals surface area contributed by atoms with Gasteiger partial charge < -0.3 is 20.5 Å². The third-order valence-corrected chi connectivity index (χ3v) is 7.70. The number of aliphatic hydroxyl groups excluding tert-OH is 1. The lowest BCUT2D eigenvalue weighted by Crippen LogP contribution is -2.46. The van der Waals surface area contributed by atoms with Crippen molar-refractivity contribution in [2.45, 2.75) is 57.2 Å². The van der Waals surface area contributed by atoms with Gasteiger partial charge in [-0.05, 0) is 54.0 Å². The first-order chi connectivity index (χ1) is 17.2. The number of hydrogen-bond donors (Lipinski definition) is 3. The van der Waals surface area contributed by atoms with Gasteiger partial charge in [-0.25, -0.2) is 0 Å². The summed E-state index contributed by atoms with van der Waals surface area (Å²) in [6.07, 6.45) is 1.89. The smallest absolute Gasteiger partial charge is 0.123 e. The predicted molar refractivity (Wildman–Crippen MR) is 144 cm³/mol. The first-order valence-corrected chi connectivity index (χ1v) is 13.0. The minimum Gasteiger partial charge on any atom is -0.496 e. The molecular weight excluding hydrogens is 432 g/mol. The standard InChI is InChI=1S/C31H40N2O2/c1-4-22(2)25-15-16-28(35-3)27(19-25)21-32-30-26(17-18-34)20-33-31(30)29(23-11-7-5-8-12-23)24-13-9-6-10-14-24/h5-16,19,22,26,29-34H,4,17-18,20-21H2,1-3H3/t22?,26-,30-,31-/m0/s1. The minimum atomic E-state index is 0.200. The summed E-state index contributed by atoms with van der Waals surface area (Å²) in [6, 6.07) is 28.6. The topological polar surface area (TPSA) is 53.5 Å². The molecule has 4 heteroatoms. The summed E-state index contributed by atoms with van der Waals surface area (Å²) in [6.45, 7) is 6.33. The number of ether oxygens (including phenoxy) is 1. The maximum Gasteiger partial charge on any atom is 0.123 e. The van der Waals surface area contributed by atoms with Crippen molar-refractivity contribution in [3.63, 3.8) is 0 Å². The van der Waals surface area contributed by atoms with E-state index in [1.165, 1.54) is 22.3 Å². The molecular formula is C31H40N2O2. The van der Waals surface area contributed by atoms with Gasteiger partial charge in [0.05, 0.1) is 7.11 Å². The van der Waals surface area contributed by atoms with Crippen LogP contribution in [0.5, 0.6) is 5.75 Å². The van der Waals surface area contributed by atoms with E-state index >= 15 is 0 Å². The average molecular weight is 473 g/mol. The van der Waals surface area contributed by atoms with E-state index in [0.717, 1.165) is 31.7 Å². The van der Waals surface area contributed by atoms with E-state index in [0.29, 0.717) is 11.8 Å². The van der Waals surface area contributed by atoms with E-state index < -0.39 is 0 Å². The van der Waals surface area contributed by atoms with E-state index in [4.69, 9.17) is 4.74 Å². The molecule has 3 aromatic carbocycles. The van der Waals surface area contributed by atoms with Crippen LogP contribution >= 0.6 is 0 Å². The van der Waals surface area contributed by atoms with Gasteiger partial charge in [-0.3, -0.25) is 0 Å². The van der Waals surface area contributed by atoms with E-state index in [1.54, 1.807) is 7.11 Å². The van der Waals surface area contributed by atoms with Crippen molar-refractivity contribution in [2.75, 3.05) is 20.3 Å². The summed E-state index contributed by atoms with van der Waals surface area (Å²) in [5.41, 5.74) is 5.16. The van der Waals surface area contributed by atoms with Gasteiger partial charge in [-0.2, -0.15) is 0 Å². The Morgan fingerprint density at radius 2 is 1.63 bits per heavy atom. The van der Waals surface area contributed by atoms with Crippen LogP contribution in [0.1, 0.15) is 60.8 Å². The summed E-state index contributed by atoms with van der Waals surface area (Å²) in [5, 5.41) is 17.6. The Hall–Kier alpha value is -2.66. The summed E-state index contributed by atoms with van der Waals surface area (Å²) < 4.78 is 5.72. The fourth-order valence-corrected chi connectivity index (χ4v) is 5.54. The molecule has 0 saturated carbocycles. The molecule has 1 fully saturated rings. The fourth-order valence-electron chi connectivity index (χ4n) is 5.54. The molecule has 0 spiro atoms. The van der Waals surface area contributed by atoms with Crippen molar-refractivity contribution >= 4 is 0 Å². The molecule has 4 rings (SSSR count). The van der Waals surface area contributed by atoms with Crippen molar-refractivity contribution < 1.29 is 9.84 Å². The van der Waals surface area contributed by atoms with Crippen molar-refractivity contribution in [1.82, 2.24) is 10.6 Å². The second-order valence-electron chi connectivity index (χ2n) is 9.79. The van der Waals surface area contributed by atoms with Gasteiger partial charge in [0, 0.05) is 36.7 Å². The average Bonchev–Trinajstić information content (AvgIpc) is 3.30. The predicted octanol–water partition coefficient (Wildman–Crippen LogP) is 5.47. The lowest BCUT2D eigenvalue weighted by molar-refractivity contribution is 0.241. The highest BCUT2D eigenvalue weighted by Crippen LogP contribution is 2.35. The number of hydrogen-bond acceptors (Lipinski definition) is 4. The molecule has 0 aromatic heterocycles. The van der Waals surface area contributed by atoms with Crippen LogP contribution in [0.2, 0.25) is 0 Å². The fraction of sp³-hybridized carbons (Fsp3) is 0.419. The second-order valence-corrected chi connectivity index (χ2v) is 9.79. The molecule has 0 bridgehead atoms. The highest BCUT2D eigenvalue weighted by Gasteiger charge is 2.40. The van der Waals surface area contributed by atoms with Crippen molar-refractivity contribution in [3.05, 3.63) is 101 Å². The molecule has 1 saturated heterocycles. The van der Waals surface area contributed by atoms with Crippen LogP contribution in [0.15, 0.2) is 78.9 Å². The first kappa shape index (κ1) is 25.4. The highest BCUT2D eigenvalue weighted by atomic mass is 16.5. The van der Waals surface area contributed by atoms with Crippen molar-refractivity contribution in [3.8, 4) is 5.75 Å². The molecule has 3 aromatic rings. The molecule has 4 nitrogen and oxygen atoms in total. The molecule has 1 aliphatic rings. The number of nitrogens with one attached hydrogen (secondary N) is 2. The van der Waals surface area contributed by atoms with Gasteiger partial charge in [-0.15, -0.1) is 0 Å². The van der Waals surface area contributed by atoms with Gasteiger partial charge in [0.1, 0.15) is 5.75 Å². The minimum absolute atomic E-state index is 0.200. The summed E-state index contributed by atoms with van der Waals surface area (Å²) >= 11 is 0.